The summed E-state index contributed by atoms with van der Waals surface area (Å²) in [7, 11) is 0.0412. The number of anilines is 2. The molecule has 4 rings (SSSR count). The molecule has 0 spiro atoms. The van der Waals surface area contributed by atoms with Gasteiger partial charge in [-0.05, 0) is 43.3 Å². The predicted molar refractivity (Wildman–Crippen MR) is 121 cm³/mol. The van der Waals surface area contributed by atoms with E-state index in [-0.39, 0.29) is 29.8 Å². The van der Waals surface area contributed by atoms with Crippen LogP contribution in [0.5, 0.6) is 5.75 Å². The number of amides is 2. The summed E-state index contributed by atoms with van der Waals surface area (Å²) in [5.74, 6) is -0.00237. The van der Waals surface area contributed by atoms with E-state index in [0.29, 0.717) is 30.1 Å². The third-order valence-electron chi connectivity index (χ3n) is 5.65. The third kappa shape index (κ3) is 4.15. The Balaban J connectivity index is 1.46. The fourth-order valence-electron chi connectivity index (χ4n) is 3.73. The van der Waals surface area contributed by atoms with Gasteiger partial charge in [-0.2, -0.15) is 4.31 Å². The van der Waals surface area contributed by atoms with Crippen LogP contribution in [-0.4, -0.2) is 75.8 Å². The highest BCUT2D eigenvalue weighted by atomic mass is 32.2. The number of fused-ring (bicyclic) bond motifs is 1. The first-order valence-corrected chi connectivity index (χ1v) is 11.8. The van der Waals surface area contributed by atoms with Crippen LogP contribution in [0.2, 0.25) is 0 Å². The minimum atomic E-state index is -3.78. The molecule has 1 atom stereocenters. The van der Waals surface area contributed by atoms with Gasteiger partial charge in [-0.25, -0.2) is 8.42 Å². The van der Waals surface area contributed by atoms with Gasteiger partial charge in [0.1, 0.15) is 5.75 Å². The number of benzene rings is 2. The molecule has 2 aromatic carbocycles. The fraction of sp³-hybridized carbons (Fsp3) is 0.364. The Bertz CT molecular complexity index is 1160. The number of piperazine rings is 1. The summed E-state index contributed by atoms with van der Waals surface area (Å²) in [4.78, 5) is 28.4. The van der Waals surface area contributed by atoms with Crippen molar-refractivity contribution < 1.29 is 22.7 Å². The number of rotatable bonds is 4. The van der Waals surface area contributed by atoms with E-state index in [9.17, 15) is 18.0 Å². The molecule has 2 aliphatic heterocycles. The monoisotopic (exact) mass is 458 g/mol. The molecule has 0 saturated carbocycles. The largest absolute Gasteiger partial charge is 0.479 e. The average Bonchev–Trinajstić information content (AvgIpc) is 2.79. The first-order chi connectivity index (χ1) is 15.2. The number of sulfonamides is 1. The van der Waals surface area contributed by atoms with Crippen molar-refractivity contribution in [3.8, 4) is 5.75 Å². The second-order valence-electron chi connectivity index (χ2n) is 8.05. The highest BCUT2D eigenvalue weighted by Gasteiger charge is 2.32. The maximum absolute atomic E-state index is 13.1. The maximum atomic E-state index is 13.1. The summed E-state index contributed by atoms with van der Waals surface area (Å²) in [6, 6.07) is 11.8. The minimum absolute atomic E-state index is 0.0770. The Labute approximate surface area is 187 Å². The average molecular weight is 459 g/mol. The number of nitrogens with zero attached hydrogens (tertiary/aromatic N) is 3. The van der Waals surface area contributed by atoms with Crippen LogP contribution in [-0.2, 0) is 14.8 Å². The molecule has 9 nitrogen and oxygen atoms in total. The molecule has 2 aromatic rings. The molecule has 1 N–H and O–H groups in total. The molecule has 32 heavy (non-hydrogen) atoms. The van der Waals surface area contributed by atoms with Gasteiger partial charge in [0.15, 0.2) is 6.10 Å². The molecule has 10 heteroatoms. The summed E-state index contributed by atoms with van der Waals surface area (Å²) in [5.41, 5.74) is 1.84. The van der Waals surface area contributed by atoms with Crippen LogP contribution in [0.15, 0.2) is 47.4 Å². The smallest absolute Gasteiger partial charge is 0.265 e. The molecule has 1 fully saturated rings. The van der Waals surface area contributed by atoms with E-state index in [1.54, 1.807) is 24.0 Å². The van der Waals surface area contributed by atoms with Crippen molar-refractivity contribution in [3.63, 3.8) is 0 Å². The van der Waals surface area contributed by atoms with Crippen molar-refractivity contribution in [2.45, 2.75) is 17.9 Å². The van der Waals surface area contributed by atoms with Gasteiger partial charge < -0.3 is 19.9 Å². The summed E-state index contributed by atoms with van der Waals surface area (Å²) < 4.78 is 33.2. The minimum Gasteiger partial charge on any atom is -0.479 e. The van der Waals surface area contributed by atoms with Gasteiger partial charge >= 0.3 is 0 Å². The summed E-state index contributed by atoms with van der Waals surface area (Å²) >= 11 is 0. The lowest BCUT2D eigenvalue weighted by Gasteiger charge is -2.34. The van der Waals surface area contributed by atoms with E-state index in [1.165, 1.54) is 16.4 Å². The van der Waals surface area contributed by atoms with E-state index in [2.05, 4.69) is 5.32 Å². The highest BCUT2D eigenvalue weighted by molar-refractivity contribution is 7.89. The SMILES string of the molecule is CC1Oc2ccc(S(=O)(=O)N3CCN(C(=O)c4cccc(N(C)C)c4)CC3)cc2NC1=O. The third-order valence-corrected chi connectivity index (χ3v) is 7.55. The van der Waals surface area contributed by atoms with Crippen LogP contribution in [0.3, 0.4) is 0 Å². The van der Waals surface area contributed by atoms with E-state index < -0.39 is 16.1 Å². The molecule has 0 radical (unpaired) electrons. The van der Waals surface area contributed by atoms with Crippen LogP contribution >= 0.6 is 0 Å². The predicted octanol–water partition coefficient (Wildman–Crippen LogP) is 1.62. The van der Waals surface area contributed by atoms with Crippen molar-refractivity contribution in [3.05, 3.63) is 48.0 Å². The lowest BCUT2D eigenvalue weighted by molar-refractivity contribution is -0.122. The van der Waals surface area contributed by atoms with Crippen LogP contribution < -0.4 is 15.0 Å². The Morgan fingerprint density at radius 2 is 1.81 bits per heavy atom. The normalized spacial score (nSPS) is 19.0. The summed E-state index contributed by atoms with van der Waals surface area (Å²) in [6.07, 6.45) is -0.631. The highest BCUT2D eigenvalue weighted by Crippen LogP contribution is 2.33. The van der Waals surface area contributed by atoms with Gasteiger partial charge in [0, 0.05) is 51.5 Å². The van der Waals surface area contributed by atoms with Crippen molar-refractivity contribution in [1.29, 1.82) is 0 Å². The number of nitrogens with one attached hydrogen (secondary N) is 1. The van der Waals surface area contributed by atoms with Gasteiger partial charge in [-0.1, -0.05) is 6.07 Å². The van der Waals surface area contributed by atoms with Crippen LogP contribution in [0.1, 0.15) is 17.3 Å². The first kappa shape index (κ1) is 22.1. The molecule has 1 unspecified atom stereocenters. The molecule has 2 amide bonds. The maximum Gasteiger partial charge on any atom is 0.265 e. The van der Waals surface area contributed by atoms with Gasteiger partial charge in [0.2, 0.25) is 10.0 Å². The van der Waals surface area contributed by atoms with Crippen molar-refractivity contribution in [1.82, 2.24) is 9.21 Å². The second kappa shape index (κ2) is 8.44. The van der Waals surface area contributed by atoms with Gasteiger partial charge in [-0.15, -0.1) is 0 Å². The summed E-state index contributed by atoms with van der Waals surface area (Å²) in [6.45, 7) is 2.61. The van der Waals surface area contributed by atoms with Gasteiger partial charge in [-0.3, -0.25) is 9.59 Å². The zero-order chi connectivity index (χ0) is 23.0. The fourth-order valence-corrected chi connectivity index (χ4v) is 5.18. The van der Waals surface area contributed by atoms with E-state index in [0.717, 1.165) is 5.69 Å². The molecule has 2 heterocycles. The summed E-state index contributed by atoms with van der Waals surface area (Å²) in [5, 5.41) is 2.67. The van der Waals surface area contributed by atoms with E-state index >= 15 is 0 Å². The number of carbonyl (C=O) groups is 2. The number of hydrogen-bond donors (Lipinski definition) is 1. The molecule has 0 aromatic heterocycles. The Kier molecular flexibility index (Phi) is 5.83. The Morgan fingerprint density at radius 3 is 2.50 bits per heavy atom. The number of carbonyl (C=O) groups excluding carboxylic acids is 2. The van der Waals surface area contributed by atoms with Crippen LogP contribution in [0.4, 0.5) is 11.4 Å². The first-order valence-electron chi connectivity index (χ1n) is 10.4. The molecule has 1 saturated heterocycles. The van der Waals surface area contributed by atoms with Crippen molar-refractivity contribution in [2.75, 3.05) is 50.5 Å². The lowest BCUT2D eigenvalue weighted by atomic mass is 10.1. The van der Waals surface area contributed by atoms with Gasteiger partial charge in [0.25, 0.3) is 11.8 Å². The topological polar surface area (TPSA) is 99.3 Å². The van der Waals surface area contributed by atoms with E-state index in [1.807, 2.05) is 37.2 Å². The standard InChI is InChI=1S/C22H26N4O5S/c1-15-21(27)23-19-14-18(7-8-20(19)31-15)32(29,30)26-11-9-25(10-12-26)22(28)16-5-4-6-17(13-16)24(2)3/h4-8,13-15H,9-12H2,1-3H3,(H,23,27). The molecule has 0 bridgehead atoms. The zero-order valence-electron chi connectivity index (χ0n) is 18.2. The molecular weight excluding hydrogens is 432 g/mol. The number of hydrogen-bond acceptors (Lipinski definition) is 6. The molecular formula is C22H26N4O5S. The van der Waals surface area contributed by atoms with Crippen molar-refractivity contribution in [2.24, 2.45) is 0 Å². The van der Waals surface area contributed by atoms with Crippen LogP contribution in [0, 0.1) is 0 Å². The lowest BCUT2D eigenvalue weighted by Crippen LogP contribution is -2.50. The molecule has 0 aliphatic carbocycles. The van der Waals surface area contributed by atoms with Gasteiger partial charge in [0.05, 0.1) is 10.6 Å². The Hall–Kier alpha value is -3.11. The molecule has 170 valence electrons. The van der Waals surface area contributed by atoms with E-state index in [4.69, 9.17) is 4.74 Å². The molecule has 2 aliphatic rings. The van der Waals surface area contributed by atoms with Crippen LogP contribution in [0.25, 0.3) is 0 Å². The van der Waals surface area contributed by atoms with Crippen molar-refractivity contribution >= 4 is 33.2 Å². The Morgan fingerprint density at radius 1 is 1.09 bits per heavy atom. The number of ether oxygens (including phenoxy) is 1. The zero-order valence-corrected chi connectivity index (χ0v) is 19.1. The quantitative estimate of drug-likeness (QED) is 0.748. The second-order valence-corrected chi connectivity index (χ2v) is 9.99.